The van der Waals surface area contributed by atoms with Gasteiger partial charge in [0.2, 0.25) is 0 Å². The molecule has 6 heteroatoms. The minimum absolute atomic E-state index is 0.0378. The fraction of sp³-hybridized carbons (Fsp3) is 0. The molecule has 1 aliphatic carbocycles. The molecule has 112 valence electrons. The number of nitrogens with zero attached hydrogens (tertiary/aromatic N) is 4. The van der Waals surface area contributed by atoms with Crippen molar-refractivity contribution in [1.29, 1.82) is 0 Å². The zero-order chi connectivity index (χ0) is 16.3. The van der Waals surface area contributed by atoms with Crippen molar-refractivity contribution < 1.29 is 9.59 Å². The van der Waals surface area contributed by atoms with Gasteiger partial charge in [-0.05, 0) is 24.3 Å². The molecular weight excluding hydrogens is 304 g/mol. The third-order valence-corrected chi connectivity index (χ3v) is 4.00. The maximum Gasteiger partial charge on any atom is 0.255 e. The average molecular weight is 312 g/mol. The van der Waals surface area contributed by atoms with E-state index in [1.807, 2.05) is 12.1 Å². The monoisotopic (exact) mass is 312 g/mol. The Morgan fingerprint density at radius 3 is 1.08 bits per heavy atom. The molecular formula is C18H8N4O2. The zero-order valence-electron chi connectivity index (χ0n) is 12.2. The first-order chi connectivity index (χ1) is 11.7. The number of ketones is 2. The lowest BCUT2D eigenvalue weighted by Gasteiger charge is -2.15. The van der Waals surface area contributed by atoms with Gasteiger partial charge in [-0.25, -0.2) is 19.9 Å². The Morgan fingerprint density at radius 1 is 0.458 bits per heavy atom. The summed E-state index contributed by atoms with van der Waals surface area (Å²) >= 11 is 0. The lowest BCUT2D eigenvalue weighted by molar-refractivity contribution is 0.0809. The number of aromatic nitrogens is 4. The second-order valence-electron chi connectivity index (χ2n) is 5.48. The lowest BCUT2D eigenvalue weighted by atomic mass is 9.97. The minimum atomic E-state index is -0.694. The smallest absolute Gasteiger partial charge is 0.255 e. The van der Waals surface area contributed by atoms with Crippen LogP contribution in [0.15, 0.2) is 48.5 Å². The first-order valence-corrected chi connectivity index (χ1v) is 7.35. The van der Waals surface area contributed by atoms with Crippen LogP contribution in [0.25, 0.3) is 33.5 Å². The molecule has 0 spiro atoms. The van der Waals surface area contributed by atoms with Crippen LogP contribution in [0.5, 0.6) is 0 Å². The van der Waals surface area contributed by atoms with Gasteiger partial charge >= 0.3 is 0 Å². The van der Waals surface area contributed by atoms with Crippen molar-refractivity contribution in [2.24, 2.45) is 0 Å². The van der Waals surface area contributed by atoms with E-state index in [9.17, 15) is 9.59 Å². The Labute approximate surface area is 135 Å². The molecule has 0 bridgehead atoms. The molecule has 0 atom stereocenters. The highest BCUT2D eigenvalue weighted by atomic mass is 16.2. The van der Waals surface area contributed by atoms with Crippen LogP contribution in [-0.4, -0.2) is 31.5 Å². The van der Waals surface area contributed by atoms with E-state index in [1.54, 1.807) is 36.4 Å². The van der Waals surface area contributed by atoms with Gasteiger partial charge in [0.15, 0.2) is 0 Å². The molecule has 0 fully saturated rings. The summed E-state index contributed by atoms with van der Waals surface area (Å²) in [4.78, 5) is 42.6. The number of carbonyl (C=O) groups is 2. The fourth-order valence-corrected chi connectivity index (χ4v) is 2.86. The number of rotatable bonds is 0. The van der Waals surface area contributed by atoms with Gasteiger partial charge in [-0.3, -0.25) is 9.59 Å². The Morgan fingerprint density at radius 2 is 0.750 bits per heavy atom. The first-order valence-electron chi connectivity index (χ1n) is 7.35. The Hall–Kier alpha value is -3.54. The molecule has 0 amide bonds. The third-order valence-electron chi connectivity index (χ3n) is 4.00. The molecule has 0 N–H and O–H groups in total. The van der Waals surface area contributed by atoms with E-state index >= 15 is 0 Å². The minimum Gasteiger partial charge on any atom is -0.283 e. The van der Waals surface area contributed by atoms with E-state index in [0.717, 1.165) is 0 Å². The highest BCUT2D eigenvalue weighted by molar-refractivity contribution is 6.51. The second-order valence-corrected chi connectivity index (χ2v) is 5.48. The molecule has 0 saturated carbocycles. The number of carbonyl (C=O) groups excluding carboxylic acids is 2. The van der Waals surface area contributed by atoms with E-state index in [1.165, 1.54) is 0 Å². The molecule has 0 aliphatic heterocycles. The Balaban J connectivity index is 1.93. The van der Waals surface area contributed by atoms with E-state index in [0.29, 0.717) is 33.5 Å². The van der Waals surface area contributed by atoms with Crippen LogP contribution in [-0.2, 0) is 0 Å². The SMILES string of the molecule is O=C1C(=O)c2nc3ccccc3nc2-c2nc3ccccc3nc21. The lowest BCUT2D eigenvalue weighted by Crippen LogP contribution is -2.25. The molecule has 0 saturated heterocycles. The molecule has 2 aromatic carbocycles. The van der Waals surface area contributed by atoms with Gasteiger partial charge in [0.05, 0.1) is 22.1 Å². The number of benzene rings is 2. The molecule has 6 nitrogen and oxygen atoms in total. The van der Waals surface area contributed by atoms with E-state index in [4.69, 9.17) is 0 Å². The number of hydrogen-bond acceptors (Lipinski definition) is 6. The van der Waals surface area contributed by atoms with Crippen molar-refractivity contribution >= 4 is 33.6 Å². The zero-order valence-corrected chi connectivity index (χ0v) is 12.2. The molecule has 1 aliphatic rings. The van der Waals surface area contributed by atoms with Crippen molar-refractivity contribution in [3.63, 3.8) is 0 Å². The maximum atomic E-state index is 12.4. The highest BCUT2D eigenvalue weighted by Crippen LogP contribution is 2.31. The third kappa shape index (κ3) is 1.65. The van der Waals surface area contributed by atoms with Crippen molar-refractivity contribution in [3.05, 3.63) is 59.9 Å². The summed E-state index contributed by atoms with van der Waals surface area (Å²) in [7, 11) is 0. The van der Waals surface area contributed by atoms with Gasteiger partial charge in [-0.2, -0.15) is 0 Å². The van der Waals surface area contributed by atoms with Crippen LogP contribution in [0.2, 0.25) is 0 Å². The number of hydrogen-bond donors (Lipinski definition) is 0. The fourth-order valence-electron chi connectivity index (χ4n) is 2.86. The van der Waals surface area contributed by atoms with Crippen LogP contribution in [0.4, 0.5) is 0 Å². The number of para-hydroxylation sites is 4. The summed E-state index contributed by atoms with van der Waals surface area (Å²) in [6, 6.07) is 14.4. The molecule has 0 unspecified atom stereocenters. The van der Waals surface area contributed by atoms with Gasteiger partial charge in [0.1, 0.15) is 22.8 Å². The van der Waals surface area contributed by atoms with Crippen LogP contribution in [0.3, 0.4) is 0 Å². The number of fused-ring (bicyclic) bond motifs is 5. The molecule has 0 radical (unpaired) electrons. The quantitative estimate of drug-likeness (QED) is 0.464. The molecule has 24 heavy (non-hydrogen) atoms. The van der Waals surface area contributed by atoms with Crippen LogP contribution < -0.4 is 0 Å². The van der Waals surface area contributed by atoms with Gasteiger partial charge in [0.25, 0.3) is 11.6 Å². The predicted octanol–water partition coefficient (Wildman–Crippen LogP) is 2.62. The number of Topliss-reactive ketones (excluding diaryl/α,β-unsaturated/α-hetero) is 2. The molecule has 2 aromatic heterocycles. The normalized spacial score (nSPS) is 13.2. The molecule has 2 heterocycles. The van der Waals surface area contributed by atoms with Gasteiger partial charge in [-0.15, -0.1) is 0 Å². The highest BCUT2D eigenvalue weighted by Gasteiger charge is 2.36. The van der Waals surface area contributed by atoms with E-state index in [2.05, 4.69) is 19.9 Å². The van der Waals surface area contributed by atoms with Crippen molar-refractivity contribution in [1.82, 2.24) is 19.9 Å². The summed E-state index contributed by atoms with van der Waals surface area (Å²) in [5.74, 6) is -1.39. The maximum absolute atomic E-state index is 12.4. The summed E-state index contributed by atoms with van der Waals surface area (Å²) in [6.07, 6.45) is 0. The average Bonchev–Trinajstić information content (AvgIpc) is 2.64. The summed E-state index contributed by atoms with van der Waals surface area (Å²) in [6.45, 7) is 0. The summed E-state index contributed by atoms with van der Waals surface area (Å²) in [5, 5.41) is 0. The van der Waals surface area contributed by atoms with E-state index in [-0.39, 0.29) is 11.4 Å². The molecule has 5 rings (SSSR count). The van der Waals surface area contributed by atoms with Crippen LogP contribution >= 0.6 is 0 Å². The topological polar surface area (TPSA) is 85.7 Å². The largest absolute Gasteiger partial charge is 0.283 e. The summed E-state index contributed by atoms with van der Waals surface area (Å²) in [5.41, 5.74) is 3.10. The van der Waals surface area contributed by atoms with Crippen molar-refractivity contribution in [3.8, 4) is 11.4 Å². The van der Waals surface area contributed by atoms with Gasteiger partial charge < -0.3 is 0 Å². The second kappa shape index (κ2) is 4.48. The standard InChI is InChI=1S/C18H8N4O2/c23-17-15-13(19-9-5-1-3-7-11(9)21-15)14-16(18(17)24)22-12-8-4-2-6-10(12)20-14/h1-8H. The molecule has 4 aromatic rings. The van der Waals surface area contributed by atoms with E-state index < -0.39 is 11.6 Å². The Kier molecular flexibility index (Phi) is 2.42. The Bertz CT molecular complexity index is 1100. The van der Waals surface area contributed by atoms with Crippen molar-refractivity contribution in [2.75, 3.05) is 0 Å². The van der Waals surface area contributed by atoms with Gasteiger partial charge in [0, 0.05) is 0 Å². The van der Waals surface area contributed by atoms with Crippen LogP contribution in [0, 0.1) is 0 Å². The van der Waals surface area contributed by atoms with Crippen LogP contribution in [0.1, 0.15) is 21.0 Å². The predicted molar refractivity (Wildman–Crippen MR) is 86.7 cm³/mol. The van der Waals surface area contributed by atoms with Gasteiger partial charge in [-0.1, -0.05) is 24.3 Å². The van der Waals surface area contributed by atoms with Crippen molar-refractivity contribution in [2.45, 2.75) is 0 Å². The first kappa shape index (κ1) is 13.0. The summed E-state index contributed by atoms with van der Waals surface area (Å²) < 4.78 is 0.